The van der Waals surface area contributed by atoms with Gasteiger partial charge in [0.05, 0.1) is 16.6 Å². The van der Waals surface area contributed by atoms with E-state index in [9.17, 15) is 18.0 Å². The standard InChI is InChI=1S/C30H32F3N5O2/c1-5-38(6-2)13-14-40-27-12-9-22(30(31,32)33)16-25(27)28(39)36-23-10-7-19(3)24(17-23)20-8-11-26-21(15-20)18-35-29(34-4)37-26/h7-12,15-18H,5-6,13-14H2,1-4H3,(H,36,39)(H,34,35,37). The van der Waals surface area contributed by atoms with Crippen LogP contribution in [0.15, 0.2) is 60.8 Å². The van der Waals surface area contributed by atoms with Crippen LogP contribution < -0.4 is 15.4 Å². The van der Waals surface area contributed by atoms with Gasteiger partial charge >= 0.3 is 6.18 Å². The lowest BCUT2D eigenvalue weighted by atomic mass is 9.98. The Labute approximate surface area is 231 Å². The highest BCUT2D eigenvalue weighted by atomic mass is 19.4. The number of anilines is 2. The smallest absolute Gasteiger partial charge is 0.416 e. The highest BCUT2D eigenvalue weighted by Gasteiger charge is 2.32. The van der Waals surface area contributed by atoms with Crippen LogP contribution in [0.3, 0.4) is 0 Å². The number of amides is 1. The third-order valence-corrected chi connectivity index (χ3v) is 6.72. The lowest BCUT2D eigenvalue weighted by Gasteiger charge is -2.19. The van der Waals surface area contributed by atoms with Crippen molar-refractivity contribution in [3.05, 3.63) is 77.5 Å². The second kappa shape index (κ2) is 12.3. The predicted octanol–water partition coefficient (Wildman–Crippen LogP) is 6.64. The number of benzene rings is 3. The van der Waals surface area contributed by atoms with Crippen LogP contribution in [-0.4, -0.2) is 54.1 Å². The van der Waals surface area contributed by atoms with E-state index in [0.717, 1.165) is 52.8 Å². The fourth-order valence-electron chi connectivity index (χ4n) is 4.36. The molecule has 0 radical (unpaired) electrons. The van der Waals surface area contributed by atoms with E-state index in [4.69, 9.17) is 4.74 Å². The summed E-state index contributed by atoms with van der Waals surface area (Å²) < 4.78 is 46.2. The highest BCUT2D eigenvalue weighted by molar-refractivity contribution is 6.06. The van der Waals surface area contributed by atoms with E-state index in [1.54, 1.807) is 25.4 Å². The number of ether oxygens (including phenoxy) is 1. The van der Waals surface area contributed by atoms with Gasteiger partial charge in [-0.2, -0.15) is 13.2 Å². The molecule has 10 heteroatoms. The summed E-state index contributed by atoms with van der Waals surface area (Å²) in [6.07, 6.45) is -2.87. The van der Waals surface area contributed by atoms with Crippen LogP contribution in [0.25, 0.3) is 22.0 Å². The van der Waals surface area contributed by atoms with Crippen molar-refractivity contribution in [1.29, 1.82) is 0 Å². The molecule has 210 valence electrons. The topological polar surface area (TPSA) is 79.4 Å². The van der Waals surface area contributed by atoms with E-state index < -0.39 is 17.6 Å². The van der Waals surface area contributed by atoms with Gasteiger partial charge in [-0.05, 0) is 79.2 Å². The van der Waals surface area contributed by atoms with Crippen LogP contribution in [0, 0.1) is 6.92 Å². The van der Waals surface area contributed by atoms with Gasteiger partial charge in [-0.15, -0.1) is 0 Å². The molecule has 7 nitrogen and oxygen atoms in total. The second-order valence-corrected chi connectivity index (χ2v) is 9.29. The van der Waals surface area contributed by atoms with Gasteiger partial charge in [0.2, 0.25) is 5.95 Å². The molecule has 0 aliphatic carbocycles. The van der Waals surface area contributed by atoms with Crippen molar-refractivity contribution in [3.8, 4) is 16.9 Å². The van der Waals surface area contributed by atoms with Crippen molar-refractivity contribution in [2.45, 2.75) is 26.9 Å². The number of alkyl halides is 3. The maximum Gasteiger partial charge on any atom is 0.416 e. The number of carbonyl (C=O) groups excluding carboxylic acids is 1. The largest absolute Gasteiger partial charge is 0.491 e. The summed E-state index contributed by atoms with van der Waals surface area (Å²) in [6, 6.07) is 14.1. The van der Waals surface area contributed by atoms with Crippen LogP contribution in [-0.2, 0) is 6.18 Å². The van der Waals surface area contributed by atoms with Gasteiger partial charge in [0.25, 0.3) is 5.91 Å². The molecular weight excluding hydrogens is 519 g/mol. The molecule has 0 fully saturated rings. The van der Waals surface area contributed by atoms with Crippen LogP contribution in [0.1, 0.15) is 35.3 Å². The average molecular weight is 552 g/mol. The zero-order valence-electron chi connectivity index (χ0n) is 22.9. The van der Waals surface area contributed by atoms with E-state index >= 15 is 0 Å². The molecule has 4 rings (SSSR count). The fourth-order valence-corrected chi connectivity index (χ4v) is 4.36. The average Bonchev–Trinajstić information content (AvgIpc) is 2.95. The molecule has 0 bridgehead atoms. The van der Waals surface area contributed by atoms with E-state index in [1.165, 1.54) is 6.07 Å². The van der Waals surface area contributed by atoms with Crippen molar-refractivity contribution in [2.24, 2.45) is 0 Å². The van der Waals surface area contributed by atoms with E-state index in [1.807, 2.05) is 45.0 Å². The van der Waals surface area contributed by atoms with Crippen molar-refractivity contribution in [1.82, 2.24) is 14.9 Å². The maximum absolute atomic E-state index is 13.5. The molecule has 40 heavy (non-hydrogen) atoms. The number of aromatic nitrogens is 2. The van der Waals surface area contributed by atoms with E-state index in [2.05, 4.69) is 25.5 Å². The van der Waals surface area contributed by atoms with Gasteiger partial charge in [0, 0.05) is 30.9 Å². The molecule has 0 aliphatic heterocycles. The lowest BCUT2D eigenvalue weighted by Crippen LogP contribution is -2.28. The van der Waals surface area contributed by atoms with Gasteiger partial charge < -0.3 is 20.3 Å². The third-order valence-electron chi connectivity index (χ3n) is 6.72. The quantitative estimate of drug-likeness (QED) is 0.230. The summed E-state index contributed by atoms with van der Waals surface area (Å²) in [4.78, 5) is 24.1. The minimum Gasteiger partial charge on any atom is -0.491 e. The minimum absolute atomic E-state index is 0.0976. The summed E-state index contributed by atoms with van der Waals surface area (Å²) in [5, 5.41) is 6.52. The molecule has 1 aromatic heterocycles. The Morgan fingerprint density at radius 2 is 1.80 bits per heavy atom. The summed E-state index contributed by atoms with van der Waals surface area (Å²) in [6.45, 7) is 8.44. The molecule has 0 aliphatic rings. The summed E-state index contributed by atoms with van der Waals surface area (Å²) in [7, 11) is 1.75. The number of likely N-dealkylation sites (N-methyl/N-ethyl adjacent to an activating group) is 1. The first kappa shape index (κ1) is 28.8. The number of rotatable bonds is 10. The molecule has 1 amide bonds. The first-order valence-corrected chi connectivity index (χ1v) is 13.1. The lowest BCUT2D eigenvalue weighted by molar-refractivity contribution is -0.137. The summed E-state index contributed by atoms with van der Waals surface area (Å²) >= 11 is 0. The number of hydrogen-bond acceptors (Lipinski definition) is 6. The Morgan fingerprint density at radius 3 is 2.50 bits per heavy atom. The van der Waals surface area contributed by atoms with Crippen molar-refractivity contribution >= 4 is 28.4 Å². The molecule has 0 spiro atoms. The SMILES string of the molecule is CCN(CC)CCOc1ccc(C(F)(F)F)cc1C(=O)Nc1ccc(C)c(-c2ccc3nc(NC)ncc3c2)c1. The molecular formula is C30H32F3N5O2. The molecule has 0 saturated carbocycles. The molecule has 2 N–H and O–H groups in total. The number of nitrogens with zero attached hydrogens (tertiary/aromatic N) is 3. The zero-order valence-corrected chi connectivity index (χ0v) is 22.9. The maximum atomic E-state index is 13.5. The number of carbonyl (C=O) groups is 1. The van der Waals surface area contributed by atoms with Crippen LogP contribution in [0.4, 0.5) is 24.8 Å². The molecule has 0 atom stereocenters. The van der Waals surface area contributed by atoms with Crippen LogP contribution in [0.5, 0.6) is 5.75 Å². The normalized spacial score (nSPS) is 11.6. The van der Waals surface area contributed by atoms with Gasteiger partial charge in [0.15, 0.2) is 0 Å². The van der Waals surface area contributed by atoms with Gasteiger partial charge in [-0.1, -0.05) is 26.0 Å². The molecule has 3 aromatic carbocycles. The highest BCUT2D eigenvalue weighted by Crippen LogP contribution is 2.34. The van der Waals surface area contributed by atoms with Gasteiger partial charge in [-0.25, -0.2) is 9.97 Å². The number of fused-ring (bicyclic) bond motifs is 1. The summed E-state index contributed by atoms with van der Waals surface area (Å²) in [5.74, 6) is -0.0714. The Hall–Kier alpha value is -4.18. The third kappa shape index (κ3) is 6.69. The van der Waals surface area contributed by atoms with E-state index in [0.29, 0.717) is 18.2 Å². The van der Waals surface area contributed by atoms with E-state index in [-0.39, 0.29) is 17.9 Å². The monoisotopic (exact) mass is 551 g/mol. The number of hydrogen-bond donors (Lipinski definition) is 2. The van der Waals surface area contributed by atoms with Crippen LogP contribution in [0.2, 0.25) is 0 Å². The Morgan fingerprint density at radius 1 is 1.02 bits per heavy atom. The molecule has 0 saturated heterocycles. The Balaban J connectivity index is 1.61. The number of nitrogens with one attached hydrogen (secondary N) is 2. The first-order chi connectivity index (χ1) is 19.1. The molecule has 4 aromatic rings. The molecule has 1 heterocycles. The van der Waals surface area contributed by atoms with Crippen molar-refractivity contribution in [3.63, 3.8) is 0 Å². The number of halogens is 3. The number of aryl methyl sites for hydroxylation is 1. The Kier molecular flexibility index (Phi) is 8.89. The van der Waals surface area contributed by atoms with Crippen molar-refractivity contribution < 1.29 is 22.7 Å². The minimum atomic E-state index is -4.60. The fraction of sp³-hybridized carbons (Fsp3) is 0.300. The first-order valence-electron chi connectivity index (χ1n) is 13.1. The predicted molar refractivity (Wildman–Crippen MR) is 152 cm³/mol. The van der Waals surface area contributed by atoms with Crippen LogP contribution >= 0.6 is 0 Å². The molecule has 0 unspecified atom stereocenters. The van der Waals surface area contributed by atoms with Gasteiger partial charge in [0.1, 0.15) is 12.4 Å². The van der Waals surface area contributed by atoms with Crippen molar-refractivity contribution in [2.75, 3.05) is 43.9 Å². The summed E-state index contributed by atoms with van der Waals surface area (Å²) in [5.41, 5.74) is 2.84. The second-order valence-electron chi connectivity index (χ2n) is 9.29. The van der Waals surface area contributed by atoms with Gasteiger partial charge in [-0.3, -0.25) is 4.79 Å². The zero-order chi connectivity index (χ0) is 28.9. The Bertz CT molecular complexity index is 1500.